The Kier molecular flexibility index (Phi) is 5.51. The molecule has 0 atom stereocenters. The van der Waals surface area contributed by atoms with Crippen molar-refractivity contribution in [3.63, 3.8) is 0 Å². The van der Waals surface area contributed by atoms with E-state index in [0.29, 0.717) is 25.2 Å². The van der Waals surface area contributed by atoms with Crippen molar-refractivity contribution in [2.75, 3.05) is 6.54 Å². The monoisotopic (exact) mass is 365 g/mol. The maximum absolute atomic E-state index is 11.9. The average Bonchev–Trinajstić information content (AvgIpc) is 2.66. The molecule has 1 aromatic heterocycles. The molecule has 0 radical (unpaired) electrons. The van der Waals surface area contributed by atoms with E-state index < -0.39 is 17.3 Å². The predicted molar refractivity (Wildman–Crippen MR) is 101 cm³/mol. The van der Waals surface area contributed by atoms with E-state index in [1.165, 1.54) is 21.7 Å². The van der Waals surface area contributed by atoms with Crippen LogP contribution in [-0.4, -0.2) is 32.2 Å². The molecule has 0 fully saturated rings. The number of benzene rings is 2. The number of H-pyrrole nitrogens is 1. The molecule has 2 aromatic carbocycles. The van der Waals surface area contributed by atoms with Crippen LogP contribution >= 0.6 is 0 Å². The molecule has 1 amide bonds. The Labute approximate surface area is 155 Å². The first-order valence-electron chi connectivity index (χ1n) is 8.46. The Morgan fingerprint density at radius 2 is 1.74 bits per heavy atom. The van der Waals surface area contributed by atoms with Crippen molar-refractivity contribution in [2.24, 2.45) is 0 Å². The van der Waals surface area contributed by atoms with E-state index >= 15 is 0 Å². The van der Waals surface area contributed by atoms with Crippen molar-refractivity contribution in [1.82, 2.24) is 14.5 Å². The van der Waals surface area contributed by atoms with E-state index in [4.69, 9.17) is 0 Å². The van der Waals surface area contributed by atoms with Gasteiger partial charge in [0.05, 0.1) is 5.69 Å². The van der Waals surface area contributed by atoms with Crippen LogP contribution in [0, 0.1) is 0 Å². The van der Waals surface area contributed by atoms with Gasteiger partial charge in [0.15, 0.2) is 0 Å². The summed E-state index contributed by atoms with van der Waals surface area (Å²) in [6.07, 6.45) is 0.941. The van der Waals surface area contributed by atoms with Gasteiger partial charge in [0.1, 0.15) is 0 Å². The molecule has 138 valence electrons. The SMILES string of the molecule is O=C(O)N(CCc1cccc(-n2ccc(=O)[nH]c2=O)c1)Cc1ccccc1. The summed E-state index contributed by atoms with van der Waals surface area (Å²) >= 11 is 0. The highest BCUT2D eigenvalue weighted by Crippen LogP contribution is 2.11. The van der Waals surface area contributed by atoms with Gasteiger partial charge in [0, 0.05) is 25.4 Å². The molecule has 3 rings (SSSR count). The van der Waals surface area contributed by atoms with E-state index in [-0.39, 0.29) is 0 Å². The van der Waals surface area contributed by atoms with Crippen LogP contribution in [0.15, 0.2) is 76.4 Å². The fourth-order valence-corrected chi connectivity index (χ4v) is 2.79. The summed E-state index contributed by atoms with van der Waals surface area (Å²) in [6, 6.07) is 17.9. The molecule has 7 heteroatoms. The number of nitrogens with zero attached hydrogens (tertiary/aromatic N) is 2. The Hall–Kier alpha value is -3.61. The summed E-state index contributed by atoms with van der Waals surface area (Å²) in [7, 11) is 0. The van der Waals surface area contributed by atoms with Gasteiger partial charge in [0.25, 0.3) is 5.56 Å². The number of aromatic nitrogens is 2. The predicted octanol–water partition coefficient (Wildman–Crippen LogP) is 2.25. The molecule has 0 aliphatic rings. The standard InChI is InChI=1S/C20H19N3O4/c24-18-10-12-23(19(25)21-18)17-8-4-7-15(13-17)9-11-22(20(26)27)14-16-5-2-1-3-6-16/h1-8,10,12-13H,9,11,14H2,(H,26,27)(H,21,24,25). The summed E-state index contributed by atoms with van der Waals surface area (Å²) in [4.78, 5) is 38.2. The second kappa shape index (κ2) is 8.18. The quantitative estimate of drug-likeness (QED) is 0.700. The summed E-state index contributed by atoms with van der Waals surface area (Å²) in [5, 5.41) is 9.45. The zero-order valence-corrected chi connectivity index (χ0v) is 14.5. The second-order valence-corrected chi connectivity index (χ2v) is 6.09. The third-order valence-electron chi connectivity index (χ3n) is 4.17. The summed E-state index contributed by atoms with van der Waals surface area (Å²) in [6.45, 7) is 0.642. The number of hydrogen-bond acceptors (Lipinski definition) is 3. The molecule has 0 unspecified atom stereocenters. The van der Waals surface area contributed by atoms with Crippen LogP contribution in [0.25, 0.3) is 5.69 Å². The largest absolute Gasteiger partial charge is 0.465 e. The molecule has 0 bridgehead atoms. The number of amides is 1. The smallest absolute Gasteiger partial charge is 0.407 e. The molecule has 3 aromatic rings. The lowest BCUT2D eigenvalue weighted by molar-refractivity contribution is 0.143. The Balaban J connectivity index is 1.74. The molecule has 0 aliphatic carbocycles. The fourth-order valence-electron chi connectivity index (χ4n) is 2.79. The lowest BCUT2D eigenvalue weighted by Gasteiger charge is -2.19. The van der Waals surface area contributed by atoms with Crippen LogP contribution in [0.5, 0.6) is 0 Å². The van der Waals surface area contributed by atoms with Crippen molar-refractivity contribution in [3.05, 3.63) is 98.8 Å². The molecular weight excluding hydrogens is 346 g/mol. The van der Waals surface area contributed by atoms with Crippen LogP contribution in [0.3, 0.4) is 0 Å². The van der Waals surface area contributed by atoms with Crippen LogP contribution in [-0.2, 0) is 13.0 Å². The fraction of sp³-hybridized carbons (Fsp3) is 0.150. The Bertz CT molecular complexity index is 1040. The number of carboxylic acid groups (broad SMARTS) is 1. The first kappa shape index (κ1) is 18.2. The highest BCUT2D eigenvalue weighted by atomic mass is 16.4. The van der Waals surface area contributed by atoms with Crippen molar-refractivity contribution in [3.8, 4) is 5.69 Å². The molecule has 27 heavy (non-hydrogen) atoms. The minimum Gasteiger partial charge on any atom is -0.465 e. The Morgan fingerprint density at radius 3 is 2.44 bits per heavy atom. The minimum atomic E-state index is -0.980. The van der Waals surface area contributed by atoms with Gasteiger partial charge in [-0.05, 0) is 29.7 Å². The summed E-state index contributed by atoms with van der Waals surface area (Å²) in [5.74, 6) is 0. The number of nitrogens with one attached hydrogen (secondary N) is 1. The van der Waals surface area contributed by atoms with Crippen molar-refractivity contribution < 1.29 is 9.90 Å². The highest BCUT2D eigenvalue weighted by molar-refractivity contribution is 5.65. The van der Waals surface area contributed by atoms with Crippen molar-refractivity contribution in [1.29, 1.82) is 0 Å². The van der Waals surface area contributed by atoms with Gasteiger partial charge in [0.2, 0.25) is 0 Å². The van der Waals surface area contributed by atoms with E-state index in [1.807, 2.05) is 42.5 Å². The second-order valence-electron chi connectivity index (χ2n) is 6.09. The summed E-state index contributed by atoms with van der Waals surface area (Å²) < 4.78 is 1.34. The maximum Gasteiger partial charge on any atom is 0.407 e. The summed E-state index contributed by atoms with van der Waals surface area (Å²) in [5.41, 5.74) is 1.46. The number of rotatable bonds is 6. The van der Waals surface area contributed by atoms with Crippen LogP contribution < -0.4 is 11.2 Å². The number of hydrogen-bond donors (Lipinski definition) is 2. The minimum absolute atomic E-state index is 0.315. The number of aromatic amines is 1. The van der Waals surface area contributed by atoms with E-state index in [2.05, 4.69) is 4.98 Å². The van der Waals surface area contributed by atoms with Gasteiger partial charge in [-0.2, -0.15) is 0 Å². The lowest BCUT2D eigenvalue weighted by atomic mass is 10.1. The zero-order chi connectivity index (χ0) is 19.2. The highest BCUT2D eigenvalue weighted by Gasteiger charge is 2.12. The molecule has 1 heterocycles. The lowest BCUT2D eigenvalue weighted by Crippen LogP contribution is -2.31. The Morgan fingerprint density at radius 1 is 1.00 bits per heavy atom. The third-order valence-corrected chi connectivity index (χ3v) is 4.17. The molecule has 0 saturated heterocycles. The first-order valence-corrected chi connectivity index (χ1v) is 8.46. The van der Waals surface area contributed by atoms with E-state index in [0.717, 1.165) is 11.1 Å². The molecule has 0 saturated carbocycles. The zero-order valence-electron chi connectivity index (χ0n) is 14.5. The van der Waals surface area contributed by atoms with Gasteiger partial charge in [-0.1, -0.05) is 42.5 Å². The van der Waals surface area contributed by atoms with E-state index in [9.17, 15) is 19.5 Å². The first-order chi connectivity index (χ1) is 13.0. The topological polar surface area (TPSA) is 95.4 Å². The maximum atomic E-state index is 11.9. The molecular formula is C20H19N3O4. The third kappa shape index (κ3) is 4.72. The molecule has 2 N–H and O–H groups in total. The normalized spacial score (nSPS) is 10.5. The van der Waals surface area contributed by atoms with Crippen molar-refractivity contribution in [2.45, 2.75) is 13.0 Å². The molecule has 0 aliphatic heterocycles. The van der Waals surface area contributed by atoms with Crippen molar-refractivity contribution >= 4 is 6.09 Å². The molecule has 0 spiro atoms. The van der Waals surface area contributed by atoms with Gasteiger partial charge >= 0.3 is 11.8 Å². The van der Waals surface area contributed by atoms with E-state index in [1.54, 1.807) is 12.1 Å². The number of carbonyl (C=O) groups is 1. The van der Waals surface area contributed by atoms with Crippen LogP contribution in [0.4, 0.5) is 4.79 Å². The van der Waals surface area contributed by atoms with Gasteiger partial charge < -0.3 is 10.0 Å². The average molecular weight is 365 g/mol. The van der Waals surface area contributed by atoms with Gasteiger partial charge in [-0.3, -0.25) is 14.3 Å². The van der Waals surface area contributed by atoms with Gasteiger partial charge in [-0.15, -0.1) is 0 Å². The molecule has 7 nitrogen and oxygen atoms in total. The van der Waals surface area contributed by atoms with Gasteiger partial charge in [-0.25, -0.2) is 9.59 Å². The van der Waals surface area contributed by atoms with Crippen LogP contribution in [0.2, 0.25) is 0 Å². The van der Waals surface area contributed by atoms with Crippen LogP contribution in [0.1, 0.15) is 11.1 Å².